The highest BCUT2D eigenvalue weighted by Gasteiger charge is 2.39. The standard InChI is InChI=1S/C17H19OS2/c1-12(2)13(3)18-20-16-10-6-4-8-14(16)19-15-9-5-7-11-17(15)20/h4-13H,1-3H3/q+1. The molecule has 3 heteroatoms. The van der Waals surface area contributed by atoms with E-state index in [1.54, 1.807) is 0 Å². The Morgan fingerprint density at radius 1 is 0.850 bits per heavy atom. The lowest BCUT2D eigenvalue weighted by Gasteiger charge is -2.20. The third-order valence-electron chi connectivity index (χ3n) is 3.50. The van der Waals surface area contributed by atoms with E-state index < -0.39 is 0 Å². The molecule has 3 rings (SSSR count). The topological polar surface area (TPSA) is 9.23 Å². The van der Waals surface area contributed by atoms with E-state index in [0.717, 1.165) is 0 Å². The molecule has 1 aliphatic heterocycles. The maximum absolute atomic E-state index is 6.42. The molecule has 0 bridgehead atoms. The highest BCUT2D eigenvalue weighted by molar-refractivity contribution is 8.02. The molecule has 0 fully saturated rings. The summed E-state index contributed by atoms with van der Waals surface area (Å²) in [5.74, 6) is 0.524. The molecule has 20 heavy (non-hydrogen) atoms. The Labute approximate surface area is 128 Å². The molecule has 1 unspecified atom stereocenters. The van der Waals surface area contributed by atoms with Crippen molar-refractivity contribution in [3.63, 3.8) is 0 Å². The molecule has 1 nitrogen and oxygen atoms in total. The van der Waals surface area contributed by atoms with E-state index in [-0.39, 0.29) is 17.3 Å². The Kier molecular flexibility index (Phi) is 4.11. The van der Waals surface area contributed by atoms with E-state index in [0.29, 0.717) is 5.92 Å². The maximum atomic E-state index is 6.42. The van der Waals surface area contributed by atoms with E-state index in [9.17, 15) is 0 Å². The van der Waals surface area contributed by atoms with Crippen molar-refractivity contribution >= 4 is 22.9 Å². The molecule has 104 valence electrons. The smallest absolute Gasteiger partial charge is 0.158 e. The number of benzene rings is 2. The van der Waals surface area contributed by atoms with Gasteiger partial charge in [-0.1, -0.05) is 49.9 Å². The molecular weight excluding hydrogens is 284 g/mol. The van der Waals surface area contributed by atoms with Gasteiger partial charge in [-0.15, -0.1) is 0 Å². The minimum atomic E-state index is -0.266. The van der Waals surface area contributed by atoms with Gasteiger partial charge < -0.3 is 0 Å². The normalized spacial score (nSPS) is 15.8. The van der Waals surface area contributed by atoms with Crippen LogP contribution in [0.25, 0.3) is 0 Å². The van der Waals surface area contributed by atoms with Crippen molar-refractivity contribution in [2.75, 3.05) is 0 Å². The van der Waals surface area contributed by atoms with Gasteiger partial charge in [-0.2, -0.15) is 4.18 Å². The van der Waals surface area contributed by atoms with Gasteiger partial charge in [-0.3, -0.25) is 0 Å². The largest absolute Gasteiger partial charge is 0.225 e. The fourth-order valence-corrected chi connectivity index (χ4v) is 5.43. The summed E-state index contributed by atoms with van der Waals surface area (Å²) in [5, 5.41) is 0. The predicted molar refractivity (Wildman–Crippen MR) is 86.3 cm³/mol. The molecular formula is C17H19OS2+. The van der Waals surface area contributed by atoms with Crippen LogP contribution in [-0.4, -0.2) is 6.10 Å². The number of rotatable bonds is 3. The van der Waals surface area contributed by atoms with Crippen LogP contribution in [0.5, 0.6) is 0 Å². The van der Waals surface area contributed by atoms with Gasteiger partial charge in [0.05, 0.1) is 9.79 Å². The van der Waals surface area contributed by atoms with Crippen molar-refractivity contribution in [2.45, 2.75) is 46.5 Å². The maximum Gasteiger partial charge on any atom is 0.225 e. The first-order chi connectivity index (χ1) is 9.66. The second kappa shape index (κ2) is 5.84. The molecule has 1 atom stereocenters. The summed E-state index contributed by atoms with van der Waals surface area (Å²) in [4.78, 5) is 5.29. The van der Waals surface area contributed by atoms with Crippen LogP contribution in [0, 0.1) is 5.92 Å². The molecule has 0 aliphatic carbocycles. The Bertz CT molecular complexity index is 564. The fourth-order valence-electron chi connectivity index (χ4n) is 1.98. The zero-order valence-corrected chi connectivity index (χ0v) is 13.6. The molecule has 0 saturated heterocycles. The number of hydrogen-bond donors (Lipinski definition) is 0. The molecule has 0 N–H and O–H groups in total. The van der Waals surface area contributed by atoms with Gasteiger partial charge in [0.1, 0.15) is 6.10 Å². The lowest BCUT2D eigenvalue weighted by Crippen LogP contribution is -2.23. The van der Waals surface area contributed by atoms with E-state index in [1.807, 2.05) is 11.8 Å². The monoisotopic (exact) mass is 303 g/mol. The van der Waals surface area contributed by atoms with Crippen LogP contribution in [0.3, 0.4) is 0 Å². The summed E-state index contributed by atoms with van der Waals surface area (Å²) in [7, 11) is 0. The Morgan fingerprint density at radius 3 is 1.85 bits per heavy atom. The van der Waals surface area contributed by atoms with Crippen LogP contribution in [0.1, 0.15) is 20.8 Å². The zero-order valence-electron chi connectivity index (χ0n) is 12.0. The molecule has 0 radical (unpaired) electrons. The first-order valence-corrected chi connectivity index (χ1v) is 8.91. The van der Waals surface area contributed by atoms with E-state index >= 15 is 0 Å². The summed E-state index contributed by atoms with van der Waals surface area (Å²) >= 11 is 1.58. The highest BCUT2D eigenvalue weighted by atomic mass is 32.2. The predicted octanol–water partition coefficient (Wildman–Crippen LogP) is 5.16. The quantitative estimate of drug-likeness (QED) is 0.724. The van der Waals surface area contributed by atoms with Crippen LogP contribution >= 0.6 is 11.8 Å². The van der Waals surface area contributed by atoms with Crippen molar-refractivity contribution in [2.24, 2.45) is 5.92 Å². The molecule has 2 aromatic carbocycles. The average Bonchev–Trinajstić information content (AvgIpc) is 2.46. The van der Waals surface area contributed by atoms with Gasteiger partial charge in [-0.25, -0.2) is 0 Å². The van der Waals surface area contributed by atoms with Crippen molar-refractivity contribution in [3.8, 4) is 0 Å². The first kappa shape index (κ1) is 14.1. The Hall–Kier alpha value is -0.900. The Balaban J connectivity index is 2.03. The SMILES string of the molecule is CC(C)C(C)O[S+]1c2ccccc2Sc2ccccc21. The molecule has 1 heterocycles. The zero-order chi connectivity index (χ0) is 14.1. The van der Waals surface area contributed by atoms with Gasteiger partial charge in [-0.05, 0) is 37.1 Å². The minimum Gasteiger partial charge on any atom is -0.158 e. The van der Waals surface area contributed by atoms with Crippen LogP contribution in [0.15, 0.2) is 68.1 Å². The van der Waals surface area contributed by atoms with Crippen LogP contribution in [0.4, 0.5) is 0 Å². The lowest BCUT2D eigenvalue weighted by molar-refractivity contribution is 0.195. The number of hydrogen-bond acceptors (Lipinski definition) is 2. The van der Waals surface area contributed by atoms with Crippen LogP contribution in [-0.2, 0) is 15.4 Å². The second-order valence-electron chi connectivity index (χ2n) is 5.31. The molecule has 0 spiro atoms. The molecule has 0 aromatic heterocycles. The molecule has 2 aromatic rings. The summed E-state index contributed by atoms with van der Waals surface area (Å²) in [5.41, 5.74) is 0. The van der Waals surface area contributed by atoms with Crippen molar-refractivity contribution in [3.05, 3.63) is 48.5 Å². The summed E-state index contributed by atoms with van der Waals surface area (Å²) < 4.78 is 6.42. The summed E-state index contributed by atoms with van der Waals surface area (Å²) in [6, 6.07) is 17.2. The Morgan fingerprint density at radius 2 is 1.35 bits per heavy atom. The van der Waals surface area contributed by atoms with E-state index in [2.05, 4.69) is 69.3 Å². The van der Waals surface area contributed by atoms with Crippen LogP contribution in [0.2, 0.25) is 0 Å². The van der Waals surface area contributed by atoms with Gasteiger partial charge in [0.25, 0.3) is 0 Å². The van der Waals surface area contributed by atoms with E-state index in [1.165, 1.54) is 19.6 Å². The van der Waals surface area contributed by atoms with Crippen molar-refractivity contribution in [1.82, 2.24) is 0 Å². The van der Waals surface area contributed by atoms with Crippen molar-refractivity contribution < 1.29 is 4.18 Å². The third-order valence-corrected chi connectivity index (χ3v) is 6.92. The summed E-state index contributed by atoms with van der Waals surface area (Å²) in [6.07, 6.45) is 0.252. The van der Waals surface area contributed by atoms with Gasteiger partial charge in [0.2, 0.25) is 21.0 Å². The van der Waals surface area contributed by atoms with E-state index in [4.69, 9.17) is 4.18 Å². The average molecular weight is 303 g/mol. The molecule has 0 saturated carbocycles. The van der Waals surface area contributed by atoms with Gasteiger partial charge in [0.15, 0.2) is 0 Å². The highest BCUT2D eigenvalue weighted by Crippen LogP contribution is 2.46. The summed E-state index contributed by atoms with van der Waals surface area (Å²) in [6.45, 7) is 6.60. The molecule has 1 aliphatic rings. The fraction of sp³-hybridized carbons (Fsp3) is 0.294. The van der Waals surface area contributed by atoms with Crippen molar-refractivity contribution in [1.29, 1.82) is 0 Å². The second-order valence-corrected chi connectivity index (χ2v) is 8.00. The number of fused-ring (bicyclic) bond motifs is 2. The third kappa shape index (κ3) is 2.62. The lowest BCUT2D eigenvalue weighted by atomic mass is 10.1. The van der Waals surface area contributed by atoms with Gasteiger partial charge >= 0.3 is 0 Å². The molecule has 0 amide bonds. The van der Waals surface area contributed by atoms with Crippen LogP contribution < -0.4 is 0 Å². The minimum absolute atomic E-state index is 0.252. The first-order valence-electron chi connectivity index (χ1n) is 6.94. The van der Waals surface area contributed by atoms with Gasteiger partial charge in [0, 0.05) is 0 Å².